The Bertz CT molecular complexity index is 926. The maximum atomic E-state index is 5.57. The van der Waals surface area contributed by atoms with Crippen LogP contribution in [0.4, 0.5) is 5.69 Å². The molecule has 4 nitrogen and oxygen atoms in total. The molecule has 26 heavy (non-hydrogen) atoms. The van der Waals surface area contributed by atoms with E-state index in [0.717, 1.165) is 28.8 Å². The highest BCUT2D eigenvalue weighted by Crippen LogP contribution is 2.30. The van der Waals surface area contributed by atoms with Crippen molar-refractivity contribution in [2.24, 2.45) is 0 Å². The summed E-state index contributed by atoms with van der Waals surface area (Å²) in [6, 6.07) is 16.3. The Hall–Kier alpha value is -2.66. The number of nitrogens with zero attached hydrogens (tertiary/aromatic N) is 1. The van der Waals surface area contributed by atoms with E-state index in [1.807, 2.05) is 24.3 Å². The zero-order valence-electron chi connectivity index (χ0n) is 15.2. The Morgan fingerprint density at radius 3 is 2.69 bits per heavy atom. The number of nitrogens with one attached hydrogen (secondary N) is 2. The highest BCUT2D eigenvalue weighted by molar-refractivity contribution is 7.80. The number of hydrogen-bond donors (Lipinski definition) is 2. The summed E-state index contributed by atoms with van der Waals surface area (Å²) in [5.41, 5.74) is 4.24. The van der Waals surface area contributed by atoms with E-state index in [2.05, 4.69) is 53.7 Å². The minimum Gasteiger partial charge on any atom is -0.494 e. The molecule has 0 fully saturated rings. The number of pyridine rings is 1. The first kappa shape index (κ1) is 18.1. The van der Waals surface area contributed by atoms with E-state index in [4.69, 9.17) is 17.0 Å². The van der Waals surface area contributed by atoms with Crippen LogP contribution in [0.5, 0.6) is 5.75 Å². The fraction of sp³-hybridized carbons (Fsp3) is 0.238. The summed E-state index contributed by atoms with van der Waals surface area (Å²) in [4.78, 5) is 4.43. The van der Waals surface area contributed by atoms with Crippen LogP contribution >= 0.6 is 12.2 Å². The number of methoxy groups -OCH3 is 1. The van der Waals surface area contributed by atoms with Crippen molar-refractivity contribution in [2.75, 3.05) is 12.4 Å². The number of thiocarbonyl (C=S) groups is 1. The van der Waals surface area contributed by atoms with Crippen molar-refractivity contribution in [3.8, 4) is 5.75 Å². The Labute approximate surface area is 159 Å². The Morgan fingerprint density at radius 1 is 1.15 bits per heavy atom. The fourth-order valence-electron chi connectivity index (χ4n) is 3.11. The molecule has 1 unspecified atom stereocenters. The lowest BCUT2D eigenvalue weighted by molar-refractivity contribution is 0.419. The summed E-state index contributed by atoms with van der Waals surface area (Å²) in [7, 11) is 1.65. The molecule has 0 spiro atoms. The molecule has 0 saturated heterocycles. The van der Waals surface area contributed by atoms with Gasteiger partial charge in [-0.25, -0.2) is 0 Å². The third kappa shape index (κ3) is 3.78. The van der Waals surface area contributed by atoms with Gasteiger partial charge in [0.2, 0.25) is 0 Å². The normalized spacial score (nSPS) is 11.8. The van der Waals surface area contributed by atoms with Gasteiger partial charge in [0.25, 0.3) is 0 Å². The molecule has 0 amide bonds. The fourth-order valence-corrected chi connectivity index (χ4v) is 3.37. The Morgan fingerprint density at radius 2 is 1.96 bits per heavy atom. The van der Waals surface area contributed by atoms with Gasteiger partial charge in [0.05, 0.1) is 13.2 Å². The van der Waals surface area contributed by atoms with Crippen molar-refractivity contribution in [3.63, 3.8) is 0 Å². The molecule has 0 aliphatic rings. The highest BCUT2D eigenvalue weighted by Gasteiger charge is 2.14. The number of fused-ring (bicyclic) bond motifs is 1. The smallest absolute Gasteiger partial charge is 0.171 e. The second kappa shape index (κ2) is 8.15. The summed E-state index contributed by atoms with van der Waals surface area (Å²) in [6.45, 7) is 4.28. The molecule has 0 saturated carbocycles. The lowest BCUT2D eigenvalue weighted by Gasteiger charge is -2.22. The largest absolute Gasteiger partial charge is 0.494 e. The summed E-state index contributed by atoms with van der Waals surface area (Å²) >= 11 is 5.57. The van der Waals surface area contributed by atoms with Crippen LogP contribution in [0.2, 0.25) is 0 Å². The predicted octanol–water partition coefficient (Wildman–Crippen LogP) is 4.99. The van der Waals surface area contributed by atoms with Gasteiger partial charge < -0.3 is 15.4 Å². The van der Waals surface area contributed by atoms with E-state index >= 15 is 0 Å². The van der Waals surface area contributed by atoms with E-state index in [1.165, 1.54) is 11.1 Å². The molecular formula is C21H23N3OS. The zero-order chi connectivity index (χ0) is 18.5. The van der Waals surface area contributed by atoms with Crippen molar-refractivity contribution in [1.29, 1.82) is 0 Å². The van der Waals surface area contributed by atoms with Crippen LogP contribution in [0.25, 0.3) is 10.9 Å². The molecule has 0 aliphatic carbocycles. The van der Waals surface area contributed by atoms with Gasteiger partial charge in [-0.05, 0) is 61.0 Å². The number of rotatable bonds is 5. The molecule has 0 radical (unpaired) electrons. The van der Waals surface area contributed by atoms with Crippen LogP contribution in [-0.2, 0) is 0 Å². The number of ether oxygens (including phenoxy) is 1. The number of anilines is 1. The molecule has 2 aromatic carbocycles. The minimum absolute atomic E-state index is 0.166. The van der Waals surface area contributed by atoms with Crippen LogP contribution in [-0.4, -0.2) is 17.2 Å². The number of aromatic nitrogens is 1. The minimum atomic E-state index is 0.166. The molecule has 0 bridgehead atoms. The molecule has 1 aromatic heterocycles. The van der Waals surface area contributed by atoms with Crippen LogP contribution in [0, 0.1) is 6.92 Å². The van der Waals surface area contributed by atoms with Crippen LogP contribution in [0.15, 0.2) is 54.7 Å². The second-order valence-electron chi connectivity index (χ2n) is 6.13. The lowest BCUT2D eigenvalue weighted by atomic mass is 10.00. The van der Waals surface area contributed by atoms with Crippen LogP contribution in [0.3, 0.4) is 0 Å². The SMILES string of the molecule is CCC(NC(=S)Nc1ccc(OC)c2ncccc12)c1ccccc1C. The van der Waals surface area contributed by atoms with Gasteiger partial charge in [-0.1, -0.05) is 31.2 Å². The number of aryl methyl sites for hydroxylation is 1. The van der Waals surface area contributed by atoms with Crippen molar-refractivity contribution in [1.82, 2.24) is 10.3 Å². The van der Waals surface area contributed by atoms with Gasteiger partial charge in [0.1, 0.15) is 11.3 Å². The van der Waals surface area contributed by atoms with E-state index in [0.29, 0.717) is 5.11 Å². The van der Waals surface area contributed by atoms with Crippen LogP contribution in [0.1, 0.15) is 30.5 Å². The average Bonchev–Trinajstić information content (AvgIpc) is 2.67. The maximum absolute atomic E-state index is 5.57. The highest BCUT2D eigenvalue weighted by atomic mass is 32.1. The van der Waals surface area contributed by atoms with Crippen molar-refractivity contribution in [3.05, 3.63) is 65.9 Å². The van der Waals surface area contributed by atoms with Gasteiger partial charge in [-0.15, -0.1) is 0 Å². The van der Waals surface area contributed by atoms with E-state index in [1.54, 1.807) is 13.3 Å². The van der Waals surface area contributed by atoms with Crippen molar-refractivity contribution in [2.45, 2.75) is 26.3 Å². The number of benzene rings is 2. The van der Waals surface area contributed by atoms with E-state index < -0.39 is 0 Å². The molecule has 134 valence electrons. The molecule has 2 N–H and O–H groups in total. The Kier molecular flexibility index (Phi) is 5.68. The van der Waals surface area contributed by atoms with Gasteiger partial charge in [-0.2, -0.15) is 0 Å². The summed E-state index contributed by atoms with van der Waals surface area (Å²) in [6.07, 6.45) is 2.70. The summed E-state index contributed by atoms with van der Waals surface area (Å²) < 4.78 is 5.40. The first-order valence-electron chi connectivity index (χ1n) is 8.68. The molecule has 1 atom stereocenters. The third-order valence-electron chi connectivity index (χ3n) is 4.48. The standard InChI is InChI=1S/C21H23N3OS/c1-4-17(15-9-6-5-8-14(15)2)23-21(26)24-18-11-12-19(25-3)20-16(18)10-7-13-22-20/h5-13,17H,4H2,1-3H3,(H2,23,24,26). The first-order chi connectivity index (χ1) is 12.6. The van der Waals surface area contributed by atoms with Gasteiger partial charge in [0, 0.05) is 17.3 Å². The monoisotopic (exact) mass is 365 g/mol. The quantitative estimate of drug-likeness (QED) is 0.624. The van der Waals surface area contributed by atoms with Gasteiger partial charge >= 0.3 is 0 Å². The van der Waals surface area contributed by atoms with Crippen molar-refractivity contribution < 1.29 is 4.74 Å². The number of hydrogen-bond acceptors (Lipinski definition) is 3. The maximum Gasteiger partial charge on any atom is 0.171 e. The first-order valence-corrected chi connectivity index (χ1v) is 9.09. The van der Waals surface area contributed by atoms with E-state index in [9.17, 15) is 0 Å². The van der Waals surface area contributed by atoms with Gasteiger partial charge in [-0.3, -0.25) is 4.98 Å². The molecular weight excluding hydrogens is 342 g/mol. The van der Waals surface area contributed by atoms with E-state index in [-0.39, 0.29) is 6.04 Å². The molecule has 3 aromatic rings. The second-order valence-corrected chi connectivity index (χ2v) is 6.54. The topological polar surface area (TPSA) is 46.2 Å². The zero-order valence-corrected chi connectivity index (χ0v) is 16.1. The lowest BCUT2D eigenvalue weighted by Crippen LogP contribution is -2.32. The molecule has 3 rings (SSSR count). The average molecular weight is 366 g/mol. The molecule has 0 aliphatic heterocycles. The summed E-state index contributed by atoms with van der Waals surface area (Å²) in [5, 5.41) is 8.31. The van der Waals surface area contributed by atoms with Crippen molar-refractivity contribution >= 4 is 33.9 Å². The summed E-state index contributed by atoms with van der Waals surface area (Å²) in [5.74, 6) is 0.747. The molecule has 1 heterocycles. The predicted molar refractivity (Wildman–Crippen MR) is 112 cm³/mol. The van der Waals surface area contributed by atoms with Gasteiger partial charge in [0.15, 0.2) is 5.11 Å². The Balaban J connectivity index is 1.82. The third-order valence-corrected chi connectivity index (χ3v) is 4.70. The molecule has 5 heteroatoms. The van der Waals surface area contributed by atoms with Crippen LogP contribution < -0.4 is 15.4 Å².